The van der Waals surface area contributed by atoms with Gasteiger partial charge in [0.2, 0.25) is 0 Å². The van der Waals surface area contributed by atoms with Crippen molar-refractivity contribution < 1.29 is 9.13 Å². The van der Waals surface area contributed by atoms with E-state index < -0.39 is 0 Å². The molecule has 2 nitrogen and oxygen atoms in total. The quantitative estimate of drug-likeness (QED) is 0.915. The lowest BCUT2D eigenvalue weighted by Gasteiger charge is -2.22. The Morgan fingerprint density at radius 1 is 1.15 bits per heavy atom. The molecule has 20 heavy (non-hydrogen) atoms. The molecule has 106 valence electrons. The Morgan fingerprint density at radius 2 is 1.90 bits per heavy atom. The highest BCUT2D eigenvalue weighted by Gasteiger charge is 2.22. The van der Waals surface area contributed by atoms with Crippen LogP contribution >= 0.6 is 0 Å². The molecular formula is C17H20FNO. The fraction of sp³-hybridized carbons (Fsp3) is 0.294. The van der Waals surface area contributed by atoms with Gasteiger partial charge in [0.15, 0.2) is 0 Å². The molecule has 0 aliphatic heterocycles. The van der Waals surface area contributed by atoms with E-state index in [1.807, 2.05) is 20.9 Å². The average molecular weight is 273 g/mol. The minimum atomic E-state index is -0.260. The van der Waals surface area contributed by atoms with Crippen molar-refractivity contribution in [2.45, 2.75) is 19.9 Å². The molecule has 0 amide bonds. The summed E-state index contributed by atoms with van der Waals surface area (Å²) in [5, 5.41) is 3.20. The van der Waals surface area contributed by atoms with Gasteiger partial charge in [0, 0.05) is 0 Å². The first-order valence-corrected chi connectivity index (χ1v) is 6.65. The lowest BCUT2D eigenvalue weighted by atomic mass is 9.92. The molecule has 2 rings (SSSR count). The number of benzene rings is 2. The number of methoxy groups -OCH3 is 1. The highest BCUT2D eigenvalue weighted by atomic mass is 19.1. The first kappa shape index (κ1) is 14.5. The predicted molar refractivity (Wildman–Crippen MR) is 79.8 cm³/mol. The summed E-state index contributed by atoms with van der Waals surface area (Å²) < 4.78 is 19.6. The van der Waals surface area contributed by atoms with Crippen LogP contribution in [-0.2, 0) is 0 Å². The normalized spacial score (nSPS) is 12.2. The van der Waals surface area contributed by atoms with Crippen LogP contribution in [0.4, 0.5) is 4.39 Å². The summed E-state index contributed by atoms with van der Waals surface area (Å²) in [4.78, 5) is 0. The van der Waals surface area contributed by atoms with Crippen LogP contribution in [0.1, 0.15) is 28.3 Å². The maximum absolute atomic E-state index is 14.3. The van der Waals surface area contributed by atoms with Gasteiger partial charge in [-0.05, 0) is 44.2 Å². The maximum atomic E-state index is 14.3. The molecule has 0 saturated carbocycles. The van der Waals surface area contributed by atoms with Crippen molar-refractivity contribution in [3.8, 4) is 5.75 Å². The van der Waals surface area contributed by atoms with E-state index in [2.05, 4.69) is 23.5 Å². The molecule has 1 atom stereocenters. The highest BCUT2D eigenvalue weighted by Crippen LogP contribution is 2.33. The Hall–Kier alpha value is -1.87. The molecule has 0 radical (unpaired) electrons. The van der Waals surface area contributed by atoms with Gasteiger partial charge >= 0.3 is 0 Å². The first-order chi connectivity index (χ1) is 9.58. The van der Waals surface area contributed by atoms with Gasteiger partial charge in [-0.25, -0.2) is 4.39 Å². The van der Waals surface area contributed by atoms with Crippen LogP contribution in [0.2, 0.25) is 0 Å². The van der Waals surface area contributed by atoms with Gasteiger partial charge in [-0.3, -0.25) is 0 Å². The summed E-state index contributed by atoms with van der Waals surface area (Å²) in [5.74, 6) is 0.301. The molecule has 2 aromatic rings. The van der Waals surface area contributed by atoms with E-state index in [1.165, 1.54) is 6.07 Å². The summed E-state index contributed by atoms with van der Waals surface area (Å²) in [6.45, 7) is 4.07. The van der Waals surface area contributed by atoms with Crippen LogP contribution in [0.3, 0.4) is 0 Å². The Morgan fingerprint density at radius 3 is 2.55 bits per heavy atom. The molecule has 0 fully saturated rings. The number of ether oxygens (including phenoxy) is 1. The molecule has 3 heteroatoms. The molecule has 0 saturated heterocycles. The topological polar surface area (TPSA) is 21.3 Å². The van der Waals surface area contributed by atoms with Gasteiger partial charge in [-0.1, -0.05) is 29.8 Å². The lowest BCUT2D eigenvalue weighted by Crippen LogP contribution is -2.21. The maximum Gasteiger partial charge on any atom is 0.132 e. The van der Waals surface area contributed by atoms with Crippen LogP contribution in [0.15, 0.2) is 36.4 Å². The molecule has 2 aromatic carbocycles. The Kier molecular flexibility index (Phi) is 4.40. The summed E-state index contributed by atoms with van der Waals surface area (Å²) in [6.07, 6.45) is 0. The van der Waals surface area contributed by atoms with Gasteiger partial charge in [0.05, 0.1) is 18.7 Å². The number of aryl methyl sites for hydroxylation is 2. The highest BCUT2D eigenvalue weighted by molar-refractivity contribution is 5.45. The second-order valence-corrected chi connectivity index (χ2v) is 4.94. The molecule has 0 aromatic heterocycles. The Bertz CT molecular complexity index is 610. The first-order valence-electron chi connectivity index (χ1n) is 6.65. The van der Waals surface area contributed by atoms with Gasteiger partial charge in [-0.2, -0.15) is 0 Å². The second-order valence-electron chi connectivity index (χ2n) is 4.94. The van der Waals surface area contributed by atoms with Crippen molar-refractivity contribution >= 4 is 0 Å². The molecule has 0 heterocycles. The van der Waals surface area contributed by atoms with Crippen molar-refractivity contribution in [2.24, 2.45) is 0 Å². The van der Waals surface area contributed by atoms with Crippen molar-refractivity contribution in [2.75, 3.05) is 14.2 Å². The molecule has 0 aliphatic carbocycles. The van der Waals surface area contributed by atoms with E-state index >= 15 is 0 Å². The van der Waals surface area contributed by atoms with Crippen molar-refractivity contribution in [3.63, 3.8) is 0 Å². The monoisotopic (exact) mass is 273 g/mol. The third-order valence-electron chi connectivity index (χ3n) is 3.56. The van der Waals surface area contributed by atoms with E-state index in [0.717, 1.165) is 16.7 Å². The van der Waals surface area contributed by atoms with Gasteiger partial charge in [-0.15, -0.1) is 0 Å². The van der Waals surface area contributed by atoms with Gasteiger partial charge < -0.3 is 10.1 Å². The number of rotatable bonds is 4. The zero-order valence-electron chi connectivity index (χ0n) is 12.3. The van der Waals surface area contributed by atoms with Crippen LogP contribution in [0.25, 0.3) is 0 Å². The molecule has 0 bridgehead atoms. The standard InChI is InChI=1S/C17H20FNO/c1-11-8-9-12(2)13(10-11)17(19-3)16-14(18)6-5-7-15(16)20-4/h5-10,17,19H,1-4H3. The lowest BCUT2D eigenvalue weighted by molar-refractivity contribution is 0.398. The van der Waals surface area contributed by atoms with E-state index in [1.54, 1.807) is 19.2 Å². The van der Waals surface area contributed by atoms with Crippen LogP contribution in [0, 0.1) is 19.7 Å². The molecule has 0 spiro atoms. The van der Waals surface area contributed by atoms with Crippen molar-refractivity contribution in [3.05, 3.63) is 64.5 Å². The smallest absolute Gasteiger partial charge is 0.132 e. The zero-order chi connectivity index (χ0) is 14.7. The number of hydrogen-bond donors (Lipinski definition) is 1. The van der Waals surface area contributed by atoms with E-state index in [0.29, 0.717) is 11.3 Å². The van der Waals surface area contributed by atoms with Crippen molar-refractivity contribution in [1.29, 1.82) is 0 Å². The fourth-order valence-corrected chi connectivity index (χ4v) is 2.50. The number of hydrogen-bond acceptors (Lipinski definition) is 2. The van der Waals surface area contributed by atoms with Crippen LogP contribution in [0.5, 0.6) is 5.75 Å². The molecule has 1 unspecified atom stereocenters. The third kappa shape index (κ3) is 2.68. The van der Waals surface area contributed by atoms with Crippen molar-refractivity contribution in [1.82, 2.24) is 5.32 Å². The summed E-state index contributed by atoms with van der Waals surface area (Å²) >= 11 is 0. The minimum absolute atomic E-state index is 0.231. The zero-order valence-corrected chi connectivity index (χ0v) is 12.3. The number of nitrogens with one attached hydrogen (secondary N) is 1. The molecule has 0 aliphatic rings. The average Bonchev–Trinajstić information content (AvgIpc) is 2.44. The third-order valence-corrected chi connectivity index (χ3v) is 3.56. The molecular weight excluding hydrogens is 253 g/mol. The van der Waals surface area contributed by atoms with Gasteiger partial charge in [0.1, 0.15) is 11.6 Å². The largest absolute Gasteiger partial charge is 0.496 e. The van der Waals surface area contributed by atoms with Crippen LogP contribution in [-0.4, -0.2) is 14.2 Å². The second kappa shape index (κ2) is 6.06. The van der Waals surface area contributed by atoms with E-state index in [-0.39, 0.29) is 11.9 Å². The predicted octanol–water partition coefficient (Wildman–Crippen LogP) is 3.76. The molecule has 1 N–H and O–H groups in total. The summed E-state index contributed by atoms with van der Waals surface area (Å²) in [7, 11) is 3.40. The Labute approximate surface area is 119 Å². The minimum Gasteiger partial charge on any atom is -0.496 e. The van der Waals surface area contributed by atoms with Gasteiger partial charge in [0.25, 0.3) is 0 Å². The fourth-order valence-electron chi connectivity index (χ4n) is 2.50. The Balaban J connectivity index is 2.61. The number of halogens is 1. The van der Waals surface area contributed by atoms with E-state index in [4.69, 9.17) is 4.74 Å². The van der Waals surface area contributed by atoms with E-state index in [9.17, 15) is 4.39 Å². The summed E-state index contributed by atoms with van der Waals surface area (Å²) in [6, 6.07) is 10.9. The SMILES string of the molecule is CNC(c1cc(C)ccc1C)c1c(F)cccc1OC. The van der Waals surface area contributed by atoms with Crippen LogP contribution < -0.4 is 10.1 Å². The summed E-state index contributed by atoms with van der Waals surface area (Å²) in [5.41, 5.74) is 3.89.